The Bertz CT molecular complexity index is 531. The highest BCUT2D eigenvalue weighted by molar-refractivity contribution is 6.36. The zero-order valence-corrected chi connectivity index (χ0v) is 12.9. The number of esters is 1. The lowest BCUT2D eigenvalue weighted by Gasteiger charge is -2.19. The molecule has 5 nitrogen and oxygen atoms in total. The van der Waals surface area contributed by atoms with Crippen molar-refractivity contribution in [2.75, 3.05) is 11.9 Å². The van der Waals surface area contributed by atoms with Crippen LogP contribution >= 0.6 is 23.2 Å². The molecule has 0 unspecified atom stereocenters. The molecular formula is C14H16Cl2N2O3. The first-order valence-corrected chi connectivity index (χ1v) is 7.59. The fourth-order valence-corrected chi connectivity index (χ4v) is 2.69. The van der Waals surface area contributed by atoms with E-state index in [0.29, 0.717) is 5.02 Å². The fourth-order valence-electron chi connectivity index (χ4n) is 2.27. The molecule has 1 aromatic rings. The summed E-state index contributed by atoms with van der Waals surface area (Å²) in [6.07, 6.45) is 6.28. The molecule has 0 bridgehead atoms. The van der Waals surface area contributed by atoms with Crippen LogP contribution in [0, 0.1) is 5.92 Å². The van der Waals surface area contributed by atoms with E-state index < -0.39 is 5.91 Å². The Morgan fingerprint density at radius 3 is 2.67 bits per heavy atom. The number of carbonyl (C=O) groups excluding carboxylic acids is 2. The van der Waals surface area contributed by atoms with Gasteiger partial charge in [0.2, 0.25) is 0 Å². The van der Waals surface area contributed by atoms with Crippen molar-refractivity contribution in [3.8, 4) is 0 Å². The van der Waals surface area contributed by atoms with Gasteiger partial charge in [-0.3, -0.25) is 9.59 Å². The third-order valence-corrected chi connectivity index (χ3v) is 3.84. The molecule has 1 aliphatic carbocycles. The van der Waals surface area contributed by atoms with Crippen LogP contribution in [0.3, 0.4) is 0 Å². The van der Waals surface area contributed by atoms with Crippen LogP contribution in [-0.4, -0.2) is 23.5 Å². The third kappa shape index (κ3) is 4.86. The lowest BCUT2D eigenvalue weighted by Crippen LogP contribution is -2.26. The van der Waals surface area contributed by atoms with Crippen molar-refractivity contribution in [3.05, 3.63) is 22.3 Å². The van der Waals surface area contributed by atoms with E-state index in [1.807, 2.05) is 0 Å². The van der Waals surface area contributed by atoms with Gasteiger partial charge in [0.15, 0.2) is 12.4 Å². The molecule has 21 heavy (non-hydrogen) atoms. The molecule has 1 aliphatic rings. The van der Waals surface area contributed by atoms with Crippen molar-refractivity contribution in [2.24, 2.45) is 5.92 Å². The van der Waals surface area contributed by atoms with Gasteiger partial charge in [0.05, 0.1) is 16.0 Å². The number of amides is 1. The zero-order chi connectivity index (χ0) is 15.2. The number of pyridine rings is 1. The number of hydrogen-bond donors (Lipinski definition) is 1. The molecule has 1 aromatic heterocycles. The van der Waals surface area contributed by atoms with Gasteiger partial charge in [0, 0.05) is 6.20 Å². The van der Waals surface area contributed by atoms with Crippen LogP contribution < -0.4 is 5.32 Å². The summed E-state index contributed by atoms with van der Waals surface area (Å²) in [6.45, 7) is -0.337. The second-order valence-corrected chi connectivity index (χ2v) is 5.82. The number of anilines is 1. The largest absolute Gasteiger partial charge is 0.455 e. The SMILES string of the molecule is O=C(COC(=O)C1CCCCC1)Nc1ncc(Cl)cc1Cl. The van der Waals surface area contributed by atoms with Crippen LogP contribution in [0.25, 0.3) is 0 Å². The number of aromatic nitrogens is 1. The van der Waals surface area contributed by atoms with Crippen molar-refractivity contribution >= 4 is 40.9 Å². The summed E-state index contributed by atoms with van der Waals surface area (Å²) in [5.41, 5.74) is 0. The lowest BCUT2D eigenvalue weighted by molar-refractivity contribution is -0.152. The van der Waals surface area contributed by atoms with Crippen molar-refractivity contribution in [2.45, 2.75) is 32.1 Å². The van der Waals surface area contributed by atoms with Crippen LogP contribution in [0.15, 0.2) is 12.3 Å². The van der Waals surface area contributed by atoms with Crippen molar-refractivity contribution < 1.29 is 14.3 Å². The Balaban J connectivity index is 1.80. The summed E-state index contributed by atoms with van der Waals surface area (Å²) in [5.74, 6) is -0.667. The number of nitrogens with one attached hydrogen (secondary N) is 1. The van der Waals surface area contributed by atoms with Gasteiger partial charge in [-0.1, -0.05) is 42.5 Å². The summed E-state index contributed by atoms with van der Waals surface area (Å²) >= 11 is 11.6. The number of halogens is 2. The predicted octanol–water partition coefficient (Wildman–Crippen LogP) is 3.45. The molecule has 0 spiro atoms. The van der Waals surface area contributed by atoms with Gasteiger partial charge in [-0.05, 0) is 18.9 Å². The molecule has 1 fully saturated rings. The molecule has 1 amide bonds. The Labute approximate surface area is 133 Å². The topological polar surface area (TPSA) is 68.3 Å². The Morgan fingerprint density at radius 1 is 1.29 bits per heavy atom. The molecular weight excluding hydrogens is 315 g/mol. The summed E-state index contributed by atoms with van der Waals surface area (Å²) < 4.78 is 5.03. The van der Waals surface area contributed by atoms with Gasteiger partial charge in [-0.2, -0.15) is 0 Å². The molecule has 1 saturated carbocycles. The maximum Gasteiger partial charge on any atom is 0.309 e. The van der Waals surface area contributed by atoms with E-state index in [2.05, 4.69) is 10.3 Å². The Hall–Kier alpha value is -1.33. The minimum absolute atomic E-state index is 0.0798. The van der Waals surface area contributed by atoms with E-state index in [0.717, 1.165) is 32.1 Å². The monoisotopic (exact) mass is 330 g/mol. The van der Waals surface area contributed by atoms with Crippen LogP contribution in [0.5, 0.6) is 0 Å². The minimum atomic E-state index is -0.476. The van der Waals surface area contributed by atoms with E-state index >= 15 is 0 Å². The van der Waals surface area contributed by atoms with Gasteiger partial charge >= 0.3 is 5.97 Å². The third-order valence-electron chi connectivity index (χ3n) is 3.35. The average Bonchev–Trinajstić information content (AvgIpc) is 2.48. The molecule has 1 heterocycles. The molecule has 0 saturated heterocycles. The maximum atomic E-state index is 11.8. The van der Waals surface area contributed by atoms with Crippen LogP contribution in [0.4, 0.5) is 5.82 Å². The highest BCUT2D eigenvalue weighted by Crippen LogP contribution is 2.25. The molecule has 0 aromatic carbocycles. The summed E-state index contributed by atoms with van der Waals surface area (Å²) in [6, 6.07) is 1.47. The highest BCUT2D eigenvalue weighted by atomic mass is 35.5. The molecule has 0 aliphatic heterocycles. The molecule has 7 heteroatoms. The number of rotatable bonds is 4. The number of hydrogen-bond acceptors (Lipinski definition) is 4. The summed E-state index contributed by atoms with van der Waals surface area (Å²) in [4.78, 5) is 27.4. The summed E-state index contributed by atoms with van der Waals surface area (Å²) in [5, 5.41) is 3.09. The Kier molecular flexibility index (Phi) is 5.82. The van der Waals surface area contributed by atoms with Crippen LogP contribution in [0.2, 0.25) is 10.0 Å². The second-order valence-electron chi connectivity index (χ2n) is 4.97. The molecule has 0 radical (unpaired) electrons. The van der Waals surface area contributed by atoms with E-state index in [1.54, 1.807) is 0 Å². The second kappa shape index (κ2) is 7.61. The predicted molar refractivity (Wildman–Crippen MR) is 80.4 cm³/mol. The van der Waals surface area contributed by atoms with Crippen LogP contribution in [0.1, 0.15) is 32.1 Å². The first-order valence-electron chi connectivity index (χ1n) is 6.84. The minimum Gasteiger partial charge on any atom is -0.455 e. The van der Waals surface area contributed by atoms with E-state index in [1.165, 1.54) is 12.3 Å². The fraction of sp³-hybridized carbons (Fsp3) is 0.500. The van der Waals surface area contributed by atoms with Crippen molar-refractivity contribution in [3.63, 3.8) is 0 Å². The highest BCUT2D eigenvalue weighted by Gasteiger charge is 2.23. The van der Waals surface area contributed by atoms with Gasteiger partial charge < -0.3 is 10.1 Å². The first kappa shape index (κ1) is 16.0. The molecule has 114 valence electrons. The molecule has 1 N–H and O–H groups in total. The van der Waals surface area contributed by atoms with E-state index in [-0.39, 0.29) is 29.3 Å². The van der Waals surface area contributed by atoms with Gasteiger partial charge in [-0.25, -0.2) is 4.98 Å². The van der Waals surface area contributed by atoms with Crippen molar-refractivity contribution in [1.82, 2.24) is 4.98 Å². The van der Waals surface area contributed by atoms with Crippen LogP contribution in [-0.2, 0) is 14.3 Å². The number of carbonyl (C=O) groups is 2. The van der Waals surface area contributed by atoms with Gasteiger partial charge in [-0.15, -0.1) is 0 Å². The van der Waals surface area contributed by atoms with E-state index in [4.69, 9.17) is 27.9 Å². The standard InChI is InChI=1S/C14H16Cl2N2O3/c15-10-6-11(16)13(17-7-10)18-12(19)8-21-14(20)9-4-2-1-3-5-9/h6-7,9H,1-5,8H2,(H,17,18,19). The molecule has 2 rings (SSSR count). The zero-order valence-electron chi connectivity index (χ0n) is 11.4. The molecule has 0 atom stereocenters. The first-order chi connectivity index (χ1) is 10.1. The quantitative estimate of drug-likeness (QED) is 0.858. The van der Waals surface area contributed by atoms with Gasteiger partial charge in [0.1, 0.15) is 0 Å². The number of nitrogens with zero attached hydrogens (tertiary/aromatic N) is 1. The lowest BCUT2D eigenvalue weighted by atomic mass is 9.89. The average molecular weight is 331 g/mol. The van der Waals surface area contributed by atoms with E-state index in [9.17, 15) is 9.59 Å². The van der Waals surface area contributed by atoms with Gasteiger partial charge in [0.25, 0.3) is 5.91 Å². The normalized spacial score (nSPS) is 15.5. The summed E-state index contributed by atoms with van der Waals surface area (Å²) in [7, 11) is 0. The Morgan fingerprint density at radius 2 is 2.00 bits per heavy atom. The number of ether oxygens (including phenoxy) is 1. The van der Waals surface area contributed by atoms with Crippen molar-refractivity contribution in [1.29, 1.82) is 0 Å². The maximum absolute atomic E-state index is 11.8. The smallest absolute Gasteiger partial charge is 0.309 e.